The van der Waals surface area contributed by atoms with E-state index in [4.69, 9.17) is 28.9 Å². The number of rotatable bonds is 18. The van der Waals surface area contributed by atoms with Crippen LogP contribution in [0.3, 0.4) is 0 Å². The van der Waals surface area contributed by atoms with Crippen molar-refractivity contribution in [1.82, 2.24) is 19.9 Å². The van der Waals surface area contributed by atoms with Crippen LogP contribution in [0, 0.1) is 13.8 Å². The van der Waals surface area contributed by atoms with Crippen molar-refractivity contribution in [3.63, 3.8) is 0 Å². The van der Waals surface area contributed by atoms with E-state index in [1.165, 1.54) is 0 Å². The van der Waals surface area contributed by atoms with Gasteiger partial charge in [0, 0.05) is 46.0 Å². The van der Waals surface area contributed by atoms with Crippen molar-refractivity contribution in [1.29, 1.82) is 0 Å². The third-order valence-corrected chi connectivity index (χ3v) is 10.3. The summed E-state index contributed by atoms with van der Waals surface area (Å²) in [7, 11) is 0. The minimum absolute atomic E-state index is 0.147. The maximum atomic E-state index is 12.7. The van der Waals surface area contributed by atoms with Crippen LogP contribution >= 0.6 is 0 Å². The molecule has 0 radical (unpaired) electrons. The largest absolute Gasteiger partial charge is 0.461 e. The van der Waals surface area contributed by atoms with E-state index in [1.807, 2.05) is 39.8 Å². The number of carbonyl (C=O) groups excluding carboxylic acids is 2. The van der Waals surface area contributed by atoms with Gasteiger partial charge in [-0.2, -0.15) is 0 Å². The number of hydrogen-bond donors (Lipinski definition) is 2. The zero-order chi connectivity index (χ0) is 40.5. The lowest BCUT2D eigenvalue weighted by molar-refractivity contribution is -0.143. The number of aromatic nitrogens is 4. The maximum Gasteiger partial charge on any atom is 0.306 e. The first kappa shape index (κ1) is 41.6. The minimum Gasteiger partial charge on any atom is -0.461 e. The Balaban J connectivity index is 1.86. The van der Waals surface area contributed by atoms with Crippen LogP contribution in [0.4, 0.5) is 0 Å². The van der Waals surface area contributed by atoms with E-state index < -0.39 is 0 Å². The van der Waals surface area contributed by atoms with Crippen LogP contribution in [0.25, 0.3) is 44.4 Å². The van der Waals surface area contributed by atoms with Crippen LogP contribution in [0.15, 0.2) is 74.9 Å². The summed E-state index contributed by atoms with van der Waals surface area (Å²) in [6.07, 6.45) is 7.24. The van der Waals surface area contributed by atoms with Crippen molar-refractivity contribution < 1.29 is 28.5 Å². The van der Waals surface area contributed by atoms with E-state index in [-0.39, 0.29) is 50.2 Å². The highest BCUT2D eigenvalue weighted by Gasteiger charge is 2.24. The Bertz CT molecular complexity index is 2270. The summed E-state index contributed by atoms with van der Waals surface area (Å²) < 4.78 is 23.1. The highest BCUT2D eigenvalue weighted by Crippen LogP contribution is 2.39. The number of nitrogens with zero attached hydrogens (tertiary/aromatic N) is 2. The molecule has 5 rings (SSSR count). The molecule has 0 aromatic carbocycles. The Hall–Kier alpha value is -5.58. The third kappa shape index (κ3) is 9.26. The second kappa shape index (κ2) is 18.8. The third-order valence-electron chi connectivity index (χ3n) is 10.3. The number of fused-ring (bicyclic) bond motifs is 8. The monoisotopic (exact) mass is 758 g/mol. The summed E-state index contributed by atoms with van der Waals surface area (Å²) in [6, 6.07) is 8.19. The first-order chi connectivity index (χ1) is 26.9. The molecule has 0 aliphatic carbocycles. The number of allylic oxidation sites excluding steroid dienone is 4. The molecule has 0 amide bonds. The predicted octanol–water partition coefficient (Wildman–Crippen LogP) is 10.3. The Labute approximate surface area is 329 Å². The van der Waals surface area contributed by atoms with E-state index in [0.29, 0.717) is 37.4 Å². The number of carbonyl (C=O) groups is 2. The Morgan fingerprint density at radius 2 is 0.982 bits per heavy atom. The van der Waals surface area contributed by atoms with Crippen molar-refractivity contribution >= 4 is 56.3 Å². The zero-order valence-electron chi connectivity index (χ0n) is 33.6. The van der Waals surface area contributed by atoms with Crippen LogP contribution < -0.4 is 0 Å². The van der Waals surface area contributed by atoms with Gasteiger partial charge in [-0.3, -0.25) is 9.59 Å². The molecule has 10 heteroatoms. The molecule has 0 saturated heterocycles. The second-order valence-electron chi connectivity index (χ2n) is 14.0. The normalized spacial score (nSPS) is 13.7. The van der Waals surface area contributed by atoms with Gasteiger partial charge in [-0.05, 0) is 112 Å². The highest BCUT2D eigenvalue weighted by molar-refractivity contribution is 5.96. The molecule has 2 aliphatic rings. The molecule has 10 nitrogen and oxygen atoms in total. The second-order valence-corrected chi connectivity index (χ2v) is 14.0. The molecule has 294 valence electrons. The number of aryl methyl sites for hydroxylation is 2. The van der Waals surface area contributed by atoms with Crippen molar-refractivity contribution in [2.24, 2.45) is 0 Å². The van der Waals surface area contributed by atoms with Crippen LogP contribution in [0.2, 0.25) is 0 Å². The van der Waals surface area contributed by atoms with E-state index in [0.717, 1.165) is 78.0 Å². The van der Waals surface area contributed by atoms with Gasteiger partial charge >= 0.3 is 11.9 Å². The topological polar surface area (TPSA) is 128 Å². The van der Waals surface area contributed by atoms with Crippen LogP contribution in [0.5, 0.6) is 0 Å². The number of hydrogen-bond acceptors (Lipinski definition) is 8. The molecule has 5 heterocycles. The summed E-state index contributed by atoms with van der Waals surface area (Å²) in [5.41, 5.74) is 14.3. The van der Waals surface area contributed by atoms with Crippen LogP contribution in [-0.2, 0) is 28.5 Å². The zero-order valence-corrected chi connectivity index (χ0v) is 33.6. The molecular formula is C46H54N4O6. The van der Waals surface area contributed by atoms with Gasteiger partial charge in [0.1, 0.15) is 13.2 Å². The number of esters is 2. The summed E-state index contributed by atoms with van der Waals surface area (Å²) in [5, 5.41) is 0. The Kier molecular flexibility index (Phi) is 14.0. The summed E-state index contributed by atoms with van der Waals surface area (Å²) in [5.74, 6) is -0.641. The molecule has 2 unspecified atom stereocenters. The van der Waals surface area contributed by atoms with Gasteiger partial charge in [0.2, 0.25) is 0 Å². The van der Waals surface area contributed by atoms with Crippen LogP contribution in [0.1, 0.15) is 111 Å². The first-order valence-corrected chi connectivity index (χ1v) is 19.1. The molecule has 3 aromatic rings. The smallest absolute Gasteiger partial charge is 0.306 e. The lowest BCUT2D eigenvalue weighted by Crippen LogP contribution is -2.04. The number of aromatic amines is 2. The molecule has 0 fully saturated rings. The fraction of sp³-hybridized carbons (Fsp3) is 0.348. The van der Waals surface area contributed by atoms with Crippen molar-refractivity contribution in [2.75, 3.05) is 26.4 Å². The van der Waals surface area contributed by atoms with Crippen LogP contribution in [-0.4, -0.2) is 58.3 Å². The molecule has 3 aromatic heterocycles. The summed E-state index contributed by atoms with van der Waals surface area (Å²) >= 11 is 0. The lowest BCUT2D eigenvalue weighted by Gasteiger charge is -2.13. The average molecular weight is 759 g/mol. The first-order valence-electron chi connectivity index (χ1n) is 19.1. The van der Waals surface area contributed by atoms with Gasteiger partial charge in [0.25, 0.3) is 0 Å². The van der Waals surface area contributed by atoms with E-state index in [9.17, 15) is 9.59 Å². The van der Waals surface area contributed by atoms with Gasteiger partial charge in [-0.15, -0.1) is 13.2 Å². The summed E-state index contributed by atoms with van der Waals surface area (Å²) in [4.78, 5) is 43.2. The van der Waals surface area contributed by atoms with Crippen molar-refractivity contribution in [2.45, 2.75) is 79.4 Å². The van der Waals surface area contributed by atoms with Gasteiger partial charge in [0.15, 0.2) is 0 Å². The fourth-order valence-electron chi connectivity index (χ4n) is 7.32. The highest BCUT2D eigenvalue weighted by atomic mass is 16.5. The molecule has 2 aliphatic heterocycles. The molecule has 0 saturated carbocycles. The lowest BCUT2D eigenvalue weighted by atomic mass is 9.98. The van der Waals surface area contributed by atoms with Gasteiger partial charge in [-0.25, -0.2) is 9.97 Å². The maximum absolute atomic E-state index is 12.7. The van der Waals surface area contributed by atoms with E-state index in [1.54, 1.807) is 24.3 Å². The molecule has 8 bridgehead atoms. The fourth-order valence-corrected chi connectivity index (χ4v) is 7.32. The molecule has 0 spiro atoms. The predicted molar refractivity (Wildman–Crippen MR) is 225 cm³/mol. The Morgan fingerprint density at radius 1 is 0.589 bits per heavy atom. The quantitative estimate of drug-likeness (QED) is 0.0969. The number of H-pyrrole nitrogens is 2. The van der Waals surface area contributed by atoms with Gasteiger partial charge in [0.05, 0.1) is 48.2 Å². The molecule has 2 atom stereocenters. The number of ether oxygens (including phenoxy) is 4. The average Bonchev–Trinajstić information content (AvgIpc) is 3.85. The van der Waals surface area contributed by atoms with E-state index >= 15 is 0 Å². The molecular weight excluding hydrogens is 705 g/mol. The SMILES string of the molecule is C=CCOC(=O)CCC1=C(C)c2cc3[nH]c(cc4[nH]c(cc5nc(cc1n2)C(CCC(=O)OCC=C)=C5C)c(C(C)OCC=C)c4C)c(C(C)OCC=C)c3C. The Morgan fingerprint density at radius 3 is 1.41 bits per heavy atom. The minimum atomic E-state index is -0.321. The summed E-state index contributed by atoms with van der Waals surface area (Å²) in [6.45, 7) is 28.4. The molecule has 56 heavy (non-hydrogen) atoms. The molecule has 2 N–H and O–H groups in total. The standard InChI is InChI=1S/C46H54N4O6/c1-11-19-53-31(9)45-29(7)37-23-35-27(5)33(15-17-43(51)55-21-13-3)39(47-35)26-40-34(16-18-44(52)56-22-14-4)28(6)36(48-40)24-41-46(32(10)54-20-12-2)30(8)38(50-41)25-42(45)49-37/h11-14,23-26,31-32,49-50H,1-4,15-22H2,5-10H3. The van der Waals surface area contributed by atoms with Gasteiger partial charge < -0.3 is 28.9 Å². The van der Waals surface area contributed by atoms with E-state index in [2.05, 4.69) is 62.3 Å². The van der Waals surface area contributed by atoms with Gasteiger partial charge in [-0.1, -0.05) is 37.5 Å². The van der Waals surface area contributed by atoms with Crippen molar-refractivity contribution in [3.05, 3.63) is 120 Å². The number of nitrogens with one attached hydrogen (secondary N) is 2. The van der Waals surface area contributed by atoms with Crippen molar-refractivity contribution in [3.8, 4) is 0 Å².